The monoisotopic (exact) mass is 506 g/mol. The van der Waals surface area contributed by atoms with Gasteiger partial charge in [-0.25, -0.2) is 18.3 Å². The van der Waals surface area contributed by atoms with Gasteiger partial charge in [-0.15, -0.1) is 0 Å². The predicted octanol–water partition coefficient (Wildman–Crippen LogP) is 3.63. The van der Waals surface area contributed by atoms with E-state index in [0.717, 1.165) is 14.9 Å². The molecule has 3 aromatic carbocycles. The smallest absolute Gasteiger partial charge is 0.338 e. The van der Waals surface area contributed by atoms with Crippen LogP contribution in [0.3, 0.4) is 0 Å². The molecule has 9 heteroatoms. The zero-order valence-corrected chi connectivity index (χ0v) is 20.6. The van der Waals surface area contributed by atoms with Crippen molar-refractivity contribution in [3.05, 3.63) is 108 Å². The topological polar surface area (TPSA) is 93.2 Å². The standard InChI is InChI=1S/C27H26N2O6S/c1-2-34-27(31)24-18-28(35-20-21-12-6-3-7-13-21)25(30)19-29(26(24)22-14-8-4-9-15-22)36(32,33)23-16-10-5-11-17-23/h3-17H,2,18-20H2,1H3. The van der Waals surface area contributed by atoms with E-state index in [1.165, 1.54) is 12.1 Å². The van der Waals surface area contributed by atoms with Gasteiger partial charge in [0.05, 0.1) is 29.3 Å². The van der Waals surface area contributed by atoms with Gasteiger partial charge < -0.3 is 4.74 Å². The van der Waals surface area contributed by atoms with E-state index in [2.05, 4.69) is 0 Å². The first-order chi connectivity index (χ1) is 17.4. The number of rotatable bonds is 8. The first-order valence-corrected chi connectivity index (χ1v) is 12.9. The summed E-state index contributed by atoms with van der Waals surface area (Å²) in [6.07, 6.45) is 0. The van der Waals surface area contributed by atoms with E-state index in [-0.39, 0.29) is 35.9 Å². The summed E-state index contributed by atoms with van der Waals surface area (Å²) in [4.78, 5) is 32.3. The van der Waals surface area contributed by atoms with Crippen molar-refractivity contribution < 1.29 is 27.6 Å². The fourth-order valence-corrected chi connectivity index (χ4v) is 5.29. The predicted molar refractivity (Wildman–Crippen MR) is 133 cm³/mol. The summed E-state index contributed by atoms with van der Waals surface area (Å²) in [6, 6.07) is 25.6. The number of esters is 1. The van der Waals surface area contributed by atoms with Crippen LogP contribution in [0.25, 0.3) is 5.70 Å². The Labute approximate surface area is 210 Å². The summed E-state index contributed by atoms with van der Waals surface area (Å²) in [5.74, 6) is -1.34. The van der Waals surface area contributed by atoms with Gasteiger partial charge in [0.25, 0.3) is 15.9 Å². The molecule has 0 atom stereocenters. The van der Waals surface area contributed by atoms with E-state index >= 15 is 0 Å². The van der Waals surface area contributed by atoms with Crippen LogP contribution in [0.2, 0.25) is 0 Å². The van der Waals surface area contributed by atoms with Crippen LogP contribution in [0, 0.1) is 0 Å². The van der Waals surface area contributed by atoms with E-state index < -0.39 is 28.4 Å². The number of hydrogen-bond donors (Lipinski definition) is 0. The largest absolute Gasteiger partial charge is 0.463 e. The van der Waals surface area contributed by atoms with Crippen LogP contribution in [0.15, 0.2) is 101 Å². The van der Waals surface area contributed by atoms with E-state index in [1.807, 2.05) is 30.3 Å². The third kappa shape index (κ3) is 5.48. The fourth-order valence-electron chi connectivity index (χ4n) is 3.80. The molecule has 36 heavy (non-hydrogen) atoms. The van der Waals surface area contributed by atoms with Gasteiger partial charge in [-0.3, -0.25) is 13.9 Å². The van der Waals surface area contributed by atoms with Gasteiger partial charge in [0.1, 0.15) is 13.2 Å². The maximum atomic E-state index is 13.8. The van der Waals surface area contributed by atoms with E-state index in [1.54, 1.807) is 55.5 Å². The molecule has 0 spiro atoms. The highest BCUT2D eigenvalue weighted by molar-refractivity contribution is 7.89. The number of amides is 1. The van der Waals surface area contributed by atoms with Gasteiger partial charge in [-0.1, -0.05) is 78.9 Å². The van der Waals surface area contributed by atoms with Gasteiger partial charge in [0.2, 0.25) is 0 Å². The Balaban J connectivity index is 1.84. The van der Waals surface area contributed by atoms with E-state index in [0.29, 0.717) is 5.56 Å². The van der Waals surface area contributed by atoms with Crippen molar-refractivity contribution in [3.8, 4) is 0 Å². The Kier molecular flexibility index (Phi) is 7.82. The minimum absolute atomic E-state index is 0.00136. The van der Waals surface area contributed by atoms with Crippen molar-refractivity contribution in [2.45, 2.75) is 18.4 Å². The number of sulfonamides is 1. The molecule has 0 aromatic heterocycles. The summed E-state index contributed by atoms with van der Waals surface area (Å²) in [6.45, 7) is 0.961. The molecule has 0 saturated carbocycles. The summed E-state index contributed by atoms with van der Waals surface area (Å²) >= 11 is 0. The molecule has 0 N–H and O–H groups in total. The molecule has 1 heterocycles. The summed E-state index contributed by atoms with van der Waals surface area (Å²) in [7, 11) is -4.22. The van der Waals surface area contributed by atoms with Crippen LogP contribution in [0.1, 0.15) is 18.1 Å². The van der Waals surface area contributed by atoms with E-state index in [9.17, 15) is 18.0 Å². The lowest BCUT2D eigenvalue weighted by Gasteiger charge is -2.26. The lowest BCUT2D eigenvalue weighted by atomic mass is 10.1. The van der Waals surface area contributed by atoms with Crippen LogP contribution < -0.4 is 0 Å². The van der Waals surface area contributed by atoms with Crippen molar-refractivity contribution in [2.24, 2.45) is 0 Å². The molecule has 8 nitrogen and oxygen atoms in total. The second-order valence-electron chi connectivity index (χ2n) is 7.93. The number of benzene rings is 3. The number of carbonyl (C=O) groups excluding carboxylic acids is 2. The molecule has 1 aliphatic rings. The normalized spacial score (nSPS) is 14.5. The van der Waals surface area contributed by atoms with Gasteiger partial charge in [0.15, 0.2) is 0 Å². The maximum Gasteiger partial charge on any atom is 0.338 e. The zero-order valence-electron chi connectivity index (χ0n) is 19.7. The Morgan fingerprint density at radius 1 is 0.861 bits per heavy atom. The third-order valence-electron chi connectivity index (χ3n) is 5.52. The number of carbonyl (C=O) groups is 2. The van der Waals surface area contributed by atoms with Gasteiger partial charge in [0, 0.05) is 0 Å². The van der Waals surface area contributed by atoms with Crippen molar-refractivity contribution >= 4 is 27.6 Å². The molecule has 4 rings (SSSR count). The van der Waals surface area contributed by atoms with Gasteiger partial charge in [-0.2, -0.15) is 0 Å². The SMILES string of the molecule is CCOC(=O)C1=C(c2ccccc2)N(S(=O)(=O)c2ccccc2)CC(=O)N(OCc2ccccc2)C1. The number of hydrogen-bond acceptors (Lipinski definition) is 6. The van der Waals surface area contributed by atoms with E-state index in [4.69, 9.17) is 9.57 Å². The van der Waals surface area contributed by atoms with Crippen molar-refractivity contribution in [1.82, 2.24) is 9.37 Å². The van der Waals surface area contributed by atoms with Gasteiger partial charge >= 0.3 is 5.97 Å². The Bertz CT molecular complexity index is 1340. The number of hydroxylamine groups is 2. The molecule has 3 aromatic rings. The molecule has 1 aliphatic heterocycles. The minimum Gasteiger partial charge on any atom is -0.463 e. The fraction of sp³-hybridized carbons (Fsp3) is 0.185. The van der Waals surface area contributed by atoms with Crippen LogP contribution >= 0.6 is 0 Å². The third-order valence-corrected chi connectivity index (χ3v) is 7.28. The molecule has 186 valence electrons. The van der Waals surface area contributed by atoms with Crippen LogP contribution in [-0.4, -0.2) is 49.4 Å². The quantitative estimate of drug-likeness (QED) is 0.433. The Morgan fingerprint density at radius 2 is 1.44 bits per heavy atom. The average molecular weight is 507 g/mol. The highest BCUT2D eigenvalue weighted by Crippen LogP contribution is 2.33. The van der Waals surface area contributed by atoms with Crippen LogP contribution in [0.4, 0.5) is 0 Å². The maximum absolute atomic E-state index is 13.8. The summed E-state index contributed by atoms with van der Waals surface area (Å²) < 4.78 is 33.9. The molecule has 0 bridgehead atoms. The summed E-state index contributed by atoms with van der Waals surface area (Å²) in [5, 5.41) is 1.03. The Hall–Kier alpha value is -3.95. The molecule has 0 unspecified atom stereocenters. The van der Waals surface area contributed by atoms with Crippen molar-refractivity contribution in [1.29, 1.82) is 0 Å². The van der Waals surface area contributed by atoms with Crippen molar-refractivity contribution in [3.63, 3.8) is 0 Å². The summed E-state index contributed by atoms with van der Waals surface area (Å²) in [5.41, 5.74) is 1.35. The molecular weight excluding hydrogens is 480 g/mol. The lowest BCUT2D eigenvalue weighted by molar-refractivity contribution is -0.188. The molecule has 0 aliphatic carbocycles. The zero-order chi connectivity index (χ0) is 25.5. The highest BCUT2D eigenvalue weighted by atomic mass is 32.2. The average Bonchev–Trinajstić information content (AvgIpc) is 3.06. The van der Waals surface area contributed by atoms with Gasteiger partial charge in [-0.05, 0) is 30.2 Å². The molecule has 1 amide bonds. The molecule has 0 fully saturated rings. The number of nitrogens with zero attached hydrogens (tertiary/aromatic N) is 2. The number of ether oxygens (including phenoxy) is 1. The lowest BCUT2D eigenvalue weighted by Crippen LogP contribution is -2.39. The molecule has 0 saturated heterocycles. The Morgan fingerprint density at radius 3 is 2.06 bits per heavy atom. The molecular formula is C27H26N2O6S. The first kappa shape index (κ1) is 25.2. The molecule has 0 radical (unpaired) electrons. The second kappa shape index (κ2) is 11.2. The second-order valence-corrected chi connectivity index (χ2v) is 9.79. The van der Waals surface area contributed by atoms with Crippen molar-refractivity contribution in [2.75, 3.05) is 19.7 Å². The first-order valence-electron chi connectivity index (χ1n) is 11.4. The van der Waals surface area contributed by atoms with Crippen LogP contribution in [-0.2, 0) is 35.8 Å². The van der Waals surface area contributed by atoms with Crippen LogP contribution in [0.5, 0.6) is 0 Å². The minimum atomic E-state index is -4.22. The highest BCUT2D eigenvalue weighted by Gasteiger charge is 2.38.